The standard InChI is InChI=1S/C21H34N2O3/c1-5-21(4,26-6-2)20(24)22-18-7-9-19(10-8-18)25-16-15-23-13-11-17(3)12-14-23/h7-10,17H,5-6,11-16H2,1-4H3,(H,22,24). The third-order valence-electron chi connectivity index (χ3n) is 5.28. The van der Waals surface area contributed by atoms with Crippen molar-refractivity contribution in [1.29, 1.82) is 0 Å². The van der Waals surface area contributed by atoms with E-state index in [2.05, 4.69) is 17.1 Å². The summed E-state index contributed by atoms with van der Waals surface area (Å²) in [4.78, 5) is 14.9. The first kappa shape index (κ1) is 20.7. The Bertz CT molecular complexity index is 553. The van der Waals surface area contributed by atoms with Crippen LogP contribution in [0.25, 0.3) is 0 Å². The second-order valence-electron chi connectivity index (χ2n) is 7.37. The van der Waals surface area contributed by atoms with Gasteiger partial charge < -0.3 is 14.8 Å². The highest BCUT2D eigenvalue weighted by Gasteiger charge is 2.31. The summed E-state index contributed by atoms with van der Waals surface area (Å²) in [5.74, 6) is 1.57. The zero-order valence-electron chi connectivity index (χ0n) is 16.7. The van der Waals surface area contributed by atoms with Crippen molar-refractivity contribution in [3.05, 3.63) is 24.3 Å². The first-order valence-electron chi connectivity index (χ1n) is 9.87. The van der Waals surface area contributed by atoms with E-state index in [1.165, 1.54) is 25.9 Å². The van der Waals surface area contributed by atoms with Crippen LogP contribution < -0.4 is 10.1 Å². The molecule has 1 unspecified atom stereocenters. The number of hydrogen-bond acceptors (Lipinski definition) is 4. The van der Waals surface area contributed by atoms with Crippen LogP contribution in [-0.2, 0) is 9.53 Å². The topological polar surface area (TPSA) is 50.8 Å². The molecule has 0 radical (unpaired) electrons. The number of piperidine rings is 1. The van der Waals surface area contributed by atoms with E-state index in [0.717, 1.165) is 23.9 Å². The molecule has 0 bridgehead atoms. The zero-order chi connectivity index (χ0) is 19.0. The number of nitrogens with one attached hydrogen (secondary N) is 1. The molecule has 1 fully saturated rings. The van der Waals surface area contributed by atoms with E-state index in [0.29, 0.717) is 19.6 Å². The maximum atomic E-state index is 12.4. The van der Waals surface area contributed by atoms with Gasteiger partial charge in [-0.2, -0.15) is 0 Å². The first-order chi connectivity index (χ1) is 12.5. The summed E-state index contributed by atoms with van der Waals surface area (Å²) < 4.78 is 11.5. The molecular weight excluding hydrogens is 328 g/mol. The average Bonchev–Trinajstić information content (AvgIpc) is 2.65. The van der Waals surface area contributed by atoms with Crippen LogP contribution in [0.4, 0.5) is 5.69 Å². The number of ether oxygens (including phenoxy) is 2. The predicted octanol–water partition coefficient (Wildman–Crippen LogP) is 3.94. The largest absolute Gasteiger partial charge is 0.492 e. The Morgan fingerprint density at radius 1 is 1.23 bits per heavy atom. The van der Waals surface area contributed by atoms with Gasteiger partial charge in [0.1, 0.15) is 18.0 Å². The summed E-state index contributed by atoms with van der Waals surface area (Å²) in [5.41, 5.74) is -0.0395. The lowest BCUT2D eigenvalue weighted by atomic mass is 9.99. The number of hydrogen-bond donors (Lipinski definition) is 1. The van der Waals surface area contributed by atoms with Gasteiger partial charge in [0.05, 0.1) is 0 Å². The van der Waals surface area contributed by atoms with E-state index in [9.17, 15) is 4.79 Å². The summed E-state index contributed by atoms with van der Waals surface area (Å²) in [5, 5.41) is 2.93. The van der Waals surface area contributed by atoms with Crippen LogP contribution in [0.1, 0.15) is 47.0 Å². The molecule has 1 heterocycles. The van der Waals surface area contributed by atoms with Gasteiger partial charge in [0.15, 0.2) is 0 Å². The van der Waals surface area contributed by atoms with E-state index < -0.39 is 5.60 Å². The van der Waals surface area contributed by atoms with E-state index in [4.69, 9.17) is 9.47 Å². The molecular formula is C21H34N2O3. The van der Waals surface area contributed by atoms with Gasteiger partial charge in [-0.15, -0.1) is 0 Å². The summed E-state index contributed by atoms with van der Waals surface area (Å²) in [6.45, 7) is 12.5. The highest BCUT2D eigenvalue weighted by Crippen LogP contribution is 2.21. The van der Waals surface area contributed by atoms with Gasteiger partial charge in [0, 0.05) is 18.8 Å². The minimum absolute atomic E-state index is 0.116. The van der Waals surface area contributed by atoms with Crippen molar-refractivity contribution in [3.63, 3.8) is 0 Å². The number of carbonyl (C=O) groups is 1. The molecule has 5 heteroatoms. The van der Waals surface area contributed by atoms with Gasteiger partial charge >= 0.3 is 0 Å². The second-order valence-corrected chi connectivity index (χ2v) is 7.37. The van der Waals surface area contributed by atoms with Gasteiger partial charge in [-0.3, -0.25) is 9.69 Å². The lowest BCUT2D eigenvalue weighted by Crippen LogP contribution is -2.42. The normalized spacial score (nSPS) is 18.3. The van der Waals surface area contributed by atoms with Crippen LogP contribution in [-0.4, -0.2) is 49.3 Å². The molecule has 0 aliphatic carbocycles. The highest BCUT2D eigenvalue weighted by atomic mass is 16.5. The van der Waals surface area contributed by atoms with Crippen LogP contribution in [0.5, 0.6) is 5.75 Å². The van der Waals surface area contributed by atoms with Crippen molar-refractivity contribution in [2.24, 2.45) is 5.92 Å². The van der Waals surface area contributed by atoms with Gasteiger partial charge in [-0.05, 0) is 76.4 Å². The molecule has 1 amide bonds. The Hall–Kier alpha value is -1.59. The maximum Gasteiger partial charge on any atom is 0.256 e. The number of benzene rings is 1. The summed E-state index contributed by atoms with van der Waals surface area (Å²) in [6, 6.07) is 7.55. The van der Waals surface area contributed by atoms with Gasteiger partial charge in [-0.1, -0.05) is 13.8 Å². The molecule has 1 aromatic rings. The average molecular weight is 363 g/mol. The predicted molar refractivity (Wildman–Crippen MR) is 106 cm³/mol. The summed E-state index contributed by atoms with van der Waals surface area (Å²) >= 11 is 0. The molecule has 1 saturated heterocycles. The van der Waals surface area contributed by atoms with Crippen molar-refractivity contribution < 1.29 is 14.3 Å². The van der Waals surface area contributed by atoms with Crippen LogP contribution >= 0.6 is 0 Å². The fraction of sp³-hybridized carbons (Fsp3) is 0.667. The molecule has 0 saturated carbocycles. The van der Waals surface area contributed by atoms with E-state index in [1.54, 1.807) is 0 Å². The maximum absolute atomic E-state index is 12.4. The number of likely N-dealkylation sites (tertiary alicyclic amines) is 1. The molecule has 0 spiro atoms. The zero-order valence-corrected chi connectivity index (χ0v) is 16.7. The van der Waals surface area contributed by atoms with E-state index in [-0.39, 0.29) is 5.91 Å². The SMILES string of the molecule is CCOC(C)(CC)C(=O)Nc1ccc(OCCN2CCC(C)CC2)cc1. The van der Waals surface area contributed by atoms with Crippen LogP contribution in [0.3, 0.4) is 0 Å². The van der Waals surface area contributed by atoms with Crippen LogP contribution in [0.2, 0.25) is 0 Å². The lowest BCUT2D eigenvalue weighted by Gasteiger charge is -2.29. The smallest absolute Gasteiger partial charge is 0.256 e. The Morgan fingerprint density at radius 3 is 2.46 bits per heavy atom. The lowest BCUT2D eigenvalue weighted by molar-refractivity contribution is -0.139. The molecule has 1 aliphatic rings. The van der Waals surface area contributed by atoms with Crippen molar-refractivity contribution in [2.45, 2.75) is 52.6 Å². The van der Waals surface area contributed by atoms with Crippen molar-refractivity contribution in [2.75, 3.05) is 38.2 Å². The van der Waals surface area contributed by atoms with E-state index >= 15 is 0 Å². The van der Waals surface area contributed by atoms with E-state index in [1.807, 2.05) is 45.0 Å². The Kier molecular flexibility index (Phi) is 7.91. The molecule has 0 aromatic heterocycles. The summed E-state index contributed by atoms with van der Waals surface area (Å²) in [7, 11) is 0. The minimum Gasteiger partial charge on any atom is -0.492 e. The van der Waals surface area contributed by atoms with Gasteiger partial charge in [0.25, 0.3) is 5.91 Å². The monoisotopic (exact) mass is 362 g/mol. The quantitative estimate of drug-likeness (QED) is 0.723. The minimum atomic E-state index is -0.796. The number of anilines is 1. The number of rotatable bonds is 9. The fourth-order valence-electron chi connectivity index (χ4n) is 3.12. The second kappa shape index (κ2) is 9.93. The Morgan fingerprint density at radius 2 is 1.88 bits per heavy atom. The van der Waals surface area contributed by atoms with Crippen molar-refractivity contribution in [1.82, 2.24) is 4.90 Å². The first-order valence-corrected chi connectivity index (χ1v) is 9.87. The van der Waals surface area contributed by atoms with Crippen LogP contribution in [0.15, 0.2) is 24.3 Å². The van der Waals surface area contributed by atoms with Crippen molar-refractivity contribution >= 4 is 11.6 Å². The molecule has 1 N–H and O–H groups in total. The molecule has 1 atom stereocenters. The number of carbonyl (C=O) groups excluding carboxylic acids is 1. The number of nitrogens with zero attached hydrogens (tertiary/aromatic N) is 1. The Labute approximate surface area is 158 Å². The number of amides is 1. The third kappa shape index (κ3) is 5.99. The molecule has 2 rings (SSSR count). The fourth-order valence-corrected chi connectivity index (χ4v) is 3.12. The molecule has 146 valence electrons. The van der Waals surface area contributed by atoms with Crippen molar-refractivity contribution in [3.8, 4) is 5.75 Å². The molecule has 1 aromatic carbocycles. The van der Waals surface area contributed by atoms with Crippen LogP contribution in [0, 0.1) is 5.92 Å². The van der Waals surface area contributed by atoms with Gasteiger partial charge in [-0.25, -0.2) is 0 Å². The molecule has 1 aliphatic heterocycles. The molecule has 5 nitrogen and oxygen atoms in total. The highest BCUT2D eigenvalue weighted by molar-refractivity contribution is 5.97. The van der Waals surface area contributed by atoms with Gasteiger partial charge in [0.2, 0.25) is 0 Å². The Balaban J connectivity index is 1.78. The molecule has 26 heavy (non-hydrogen) atoms. The third-order valence-corrected chi connectivity index (χ3v) is 5.28. The summed E-state index contributed by atoms with van der Waals surface area (Å²) in [6.07, 6.45) is 3.20.